The van der Waals surface area contributed by atoms with Crippen molar-refractivity contribution in [3.05, 3.63) is 45.7 Å². The number of hydrogen-bond acceptors (Lipinski definition) is 6. The number of allylic oxidation sites excluding steroid dienone is 1. The number of ether oxygens (including phenoxy) is 1. The first-order valence-electron chi connectivity index (χ1n) is 11.4. The van der Waals surface area contributed by atoms with E-state index in [0.717, 1.165) is 19.3 Å². The number of aliphatic hydroxyl groups excluding tert-OH is 2. The molecule has 0 radical (unpaired) electrons. The van der Waals surface area contributed by atoms with Crippen LogP contribution in [0.15, 0.2) is 35.2 Å². The molecule has 31 heavy (non-hydrogen) atoms. The number of aliphatic hydroxyl groups is 3. The van der Waals surface area contributed by atoms with Gasteiger partial charge in [-0.2, -0.15) is 0 Å². The van der Waals surface area contributed by atoms with Gasteiger partial charge < -0.3 is 20.1 Å². The van der Waals surface area contributed by atoms with Crippen molar-refractivity contribution in [2.24, 2.45) is 5.92 Å². The van der Waals surface area contributed by atoms with Crippen LogP contribution in [0.2, 0.25) is 0 Å². The summed E-state index contributed by atoms with van der Waals surface area (Å²) in [5.74, 6) is -1.00. The number of aryl methyl sites for hydroxylation is 2. The molecule has 0 aromatic carbocycles. The van der Waals surface area contributed by atoms with Crippen LogP contribution in [0.5, 0.6) is 0 Å². The molecule has 1 aromatic heterocycles. The maximum Gasteiger partial charge on any atom is 0.334 e. The molecule has 0 saturated heterocycles. The Labute approximate surface area is 190 Å². The molecule has 6 heteroatoms. The lowest BCUT2D eigenvalue weighted by Crippen LogP contribution is -2.35. The minimum atomic E-state index is -1.40. The predicted octanol–water partition coefficient (Wildman–Crippen LogP) is 4.48. The highest BCUT2D eigenvalue weighted by Crippen LogP contribution is 2.42. The molecule has 0 aliphatic heterocycles. The fraction of sp³-hybridized carbons (Fsp3) is 0.640. The first-order valence-corrected chi connectivity index (χ1v) is 12.3. The van der Waals surface area contributed by atoms with Crippen LogP contribution in [-0.4, -0.2) is 45.2 Å². The molecule has 2 rings (SSSR count). The summed E-state index contributed by atoms with van der Waals surface area (Å²) in [5.41, 5.74) is 0.254. The van der Waals surface area contributed by atoms with Gasteiger partial charge in [0, 0.05) is 22.8 Å². The normalized spacial score (nSPS) is 25.5. The SMILES string of the molecule is CCCCC=C(C(=O)OC(C)C)C1CC(O)CC1(O)C=CC(O)CCc1ccsc1C. The van der Waals surface area contributed by atoms with Crippen molar-refractivity contribution in [3.8, 4) is 0 Å². The van der Waals surface area contributed by atoms with Crippen molar-refractivity contribution < 1.29 is 24.9 Å². The minimum absolute atomic E-state index is 0.130. The molecule has 4 atom stereocenters. The molecule has 0 bridgehead atoms. The van der Waals surface area contributed by atoms with Gasteiger partial charge in [-0.3, -0.25) is 0 Å². The van der Waals surface area contributed by atoms with Crippen LogP contribution < -0.4 is 0 Å². The Hall–Kier alpha value is -1.47. The van der Waals surface area contributed by atoms with Gasteiger partial charge >= 0.3 is 5.97 Å². The predicted molar refractivity (Wildman–Crippen MR) is 125 cm³/mol. The number of hydrogen-bond donors (Lipinski definition) is 3. The molecular weight excluding hydrogens is 412 g/mol. The van der Waals surface area contributed by atoms with E-state index < -0.39 is 29.7 Å². The number of rotatable bonds is 11. The fourth-order valence-electron chi connectivity index (χ4n) is 4.12. The number of carbonyl (C=O) groups is 1. The van der Waals surface area contributed by atoms with E-state index in [1.54, 1.807) is 37.3 Å². The third-order valence-corrected chi connectivity index (χ3v) is 6.72. The van der Waals surface area contributed by atoms with Gasteiger partial charge in [0.05, 0.1) is 23.9 Å². The molecular formula is C25H38O5S. The van der Waals surface area contributed by atoms with Gasteiger partial charge in [-0.05, 0) is 63.5 Å². The van der Waals surface area contributed by atoms with E-state index >= 15 is 0 Å². The van der Waals surface area contributed by atoms with Gasteiger partial charge in [0.1, 0.15) is 0 Å². The Bertz CT molecular complexity index is 766. The van der Waals surface area contributed by atoms with Crippen LogP contribution in [-0.2, 0) is 16.0 Å². The summed E-state index contributed by atoms with van der Waals surface area (Å²) in [4.78, 5) is 14.0. The third kappa shape index (κ3) is 7.56. The molecule has 1 saturated carbocycles. The molecule has 1 fully saturated rings. The van der Waals surface area contributed by atoms with E-state index in [9.17, 15) is 20.1 Å². The van der Waals surface area contributed by atoms with Gasteiger partial charge in [0.2, 0.25) is 0 Å². The monoisotopic (exact) mass is 450 g/mol. The summed E-state index contributed by atoms with van der Waals surface area (Å²) < 4.78 is 5.43. The van der Waals surface area contributed by atoms with Crippen LogP contribution >= 0.6 is 11.3 Å². The maximum atomic E-state index is 12.8. The van der Waals surface area contributed by atoms with E-state index in [0.29, 0.717) is 18.4 Å². The van der Waals surface area contributed by atoms with Crippen molar-refractivity contribution >= 4 is 17.3 Å². The highest BCUT2D eigenvalue weighted by atomic mass is 32.1. The lowest BCUT2D eigenvalue weighted by atomic mass is 9.83. The van der Waals surface area contributed by atoms with Gasteiger partial charge in [0.25, 0.3) is 0 Å². The van der Waals surface area contributed by atoms with Crippen LogP contribution in [0.25, 0.3) is 0 Å². The first-order chi connectivity index (χ1) is 14.7. The number of unbranched alkanes of at least 4 members (excludes halogenated alkanes) is 2. The van der Waals surface area contributed by atoms with E-state index in [2.05, 4.69) is 19.9 Å². The summed E-state index contributed by atoms with van der Waals surface area (Å²) in [6.07, 6.45) is 7.71. The van der Waals surface area contributed by atoms with Crippen LogP contribution in [0.4, 0.5) is 0 Å². The number of carbonyl (C=O) groups excluding carboxylic acids is 1. The molecule has 0 amide bonds. The fourth-order valence-corrected chi connectivity index (χ4v) is 4.88. The Morgan fingerprint density at radius 3 is 2.77 bits per heavy atom. The number of thiophene rings is 1. The van der Waals surface area contributed by atoms with Crippen molar-refractivity contribution in [2.45, 2.75) is 96.6 Å². The smallest absolute Gasteiger partial charge is 0.334 e. The molecule has 0 spiro atoms. The van der Waals surface area contributed by atoms with E-state index in [1.807, 2.05) is 11.5 Å². The largest absolute Gasteiger partial charge is 0.460 e. The summed E-state index contributed by atoms with van der Waals surface area (Å²) in [5, 5.41) is 34.2. The highest BCUT2D eigenvalue weighted by Gasteiger charge is 2.47. The molecule has 4 unspecified atom stereocenters. The van der Waals surface area contributed by atoms with Crippen molar-refractivity contribution in [2.75, 3.05) is 0 Å². The first kappa shape index (κ1) is 25.8. The molecule has 1 aromatic rings. The van der Waals surface area contributed by atoms with Crippen LogP contribution in [0, 0.1) is 12.8 Å². The van der Waals surface area contributed by atoms with E-state index in [4.69, 9.17) is 4.74 Å². The molecule has 5 nitrogen and oxygen atoms in total. The van der Waals surface area contributed by atoms with Crippen molar-refractivity contribution in [1.29, 1.82) is 0 Å². The average Bonchev–Trinajstić information content (AvgIpc) is 3.23. The zero-order chi connectivity index (χ0) is 23.0. The summed E-state index contributed by atoms with van der Waals surface area (Å²) in [6, 6.07) is 2.07. The molecule has 1 aliphatic carbocycles. The zero-order valence-electron chi connectivity index (χ0n) is 19.2. The average molecular weight is 451 g/mol. The second kappa shape index (κ2) is 12.0. The van der Waals surface area contributed by atoms with Crippen LogP contribution in [0.3, 0.4) is 0 Å². The van der Waals surface area contributed by atoms with E-state index in [-0.39, 0.29) is 18.9 Å². The van der Waals surface area contributed by atoms with Gasteiger partial charge in [-0.25, -0.2) is 4.79 Å². The Kier molecular flexibility index (Phi) is 9.94. The summed E-state index contributed by atoms with van der Waals surface area (Å²) in [7, 11) is 0. The van der Waals surface area contributed by atoms with Crippen LogP contribution in [0.1, 0.15) is 69.7 Å². The Balaban J connectivity index is 2.16. The second-order valence-corrected chi connectivity index (χ2v) is 9.98. The third-order valence-electron chi connectivity index (χ3n) is 5.83. The Morgan fingerprint density at radius 2 is 2.16 bits per heavy atom. The van der Waals surface area contributed by atoms with E-state index in [1.165, 1.54) is 10.4 Å². The van der Waals surface area contributed by atoms with Crippen molar-refractivity contribution in [1.82, 2.24) is 0 Å². The molecule has 174 valence electrons. The Morgan fingerprint density at radius 1 is 1.42 bits per heavy atom. The quantitative estimate of drug-likeness (QED) is 0.200. The van der Waals surface area contributed by atoms with Gasteiger partial charge in [-0.15, -0.1) is 11.3 Å². The minimum Gasteiger partial charge on any atom is -0.460 e. The lowest BCUT2D eigenvalue weighted by molar-refractivity contribution is -0.144. The lowest BCUT2D eigenvalue weighted by Gasteiger charge is -2.29. The number of esters is 1. The maximum absolute atomic E-state index is 12.8. The van der Waals surface area contributed by atoms with Crippen molar-refractivity contribution in [3.63, 3.8) is 0 Å². The van der Waals surface area contributed by atoms with Gasteiger partial charge in [-0.1, -0.05) is 38.0 Å². The molecule has 1 aliphatic rings. The molecule has 3 N–H and O–H groups in total. The second-order valence-electron chi connectivity index (χ2n) is 8.86. The topological polar surface area (TPSA) is 87.0 Å². The summed E-state index contributed by atoms with van der Waals surface area (Å²) in [6.45, 7) is 7.74. The van der Waals surface area contributed by atoms with Gasteiger partial charge in [0.15, 0.2) is 0 Å². The standard InChI is InChI=1S/C25H38O5S/c1-5-6-7-8-22(24(28)30-17(2)3)23-15-21(27)16-25(23,29)13-11-20(26)10-9-19-12-14-31-18(19)4/h8,11-14,17,20-21,23,26-27,29H,5-7,9-10,15-16H2,1-4H3. The summed E-state index contributed by atoms with van der Waals surface area (Å²) >= 11 is 1.69. The molecule has 1 heterocycles. The highest BCUT2D eigenvalue weighted by molar-refractivity contribution is 7.10. The zero-order valence-corrected chi connectivity index (χ0v) is 20.0.